The molecule has 0 spiro atoms. The van der Waals surface area contributed by atoms with Crippen LogP contribution in [0.5, 0.6) is 0 Å². The second kappa shape index (κ2) is 7.22. The van der Waals surface area contributed by atoms with Crippen molar-refractivity contribution in [3.05, 3.63) is 29.8 Å². The van der Waals surface area contributed by atoms with Crippen molar-refractivity contribution in [2.24, 2.45) is 5.92 Å². The van der Waals surface area contributed by atoms with E-state index < -0.39 is 0 Å². The molecule has 1 aromatic carbocycles. The topological polar surface area (TPSA) is 67.4 Å². The number of benzene rings is 1. The van der Waals surface area contributed by atoms with E-state index in [2.05, 4.69) is 17.6 Å². The van der Waals surface area contributed by atoms with Crippen molar-refractivity contribution in [2.45, 2.75) is 32.7 Å². The standard InChI is InChI=1S/C16H22N2O3/c1-3-21-16(20)12-4-6-14(7-5-12)18-15(19)13-8-9-17-11(2)10-13/h4-7,11,13,17H,3,8-10H2,1-2H3,(H,18,19). The number of anilines is 1. The monoisotopic (exact) mass is 290 g/mol. The minimum atomic E-state index is -0.345. The highest BCUT2D eigenvalue weighted by Gasteiger charge is 2.24. The van der Waals surface area contributed by atoms with Gasteiger partial charge in [-0.05, 0) is 57.5 Å². The maximum atomic E-state index is 12.2. The van der Waals surface area contributed by atoms with Crippen LogP contribution in [-0.4, -0.2) is 31.1 Å². The third-order valence-corrected chi connectivity index (χ3v) is 3.66. The van der Waals surface area contributed by atoms with Gasteiger partial charge in [-0.25, -0.2) is 4.79 Å². The molecule has 1 aliphatic rings. The lowest BCUT2D eigenvalue weighted by Crippen LogP contribution is -2.40. The van der Waals surface area contributed by atoms with Crippen LogP contribution in [0.2, 0.25) is 0 Å². The van der Waals surface area contributed by atoms with Crippen molar-refractivity contribution in [2.75, 3.05) is 18.5 Å². The Labute approximate surface area is 125 Å². The number of carbonyl (C=O) groups is 2. The van der Waals surface area contributed by atoms with Crippen molar-refractivity contribution < 1.29 is 14.3 Å². The van der Waals surface area contributed by atoms with Gasteiger partial charge in [-0.15, -0.1) is 0 Å². The first kappa shape index (κ1) is 15.5. The maximum Gasteiger partial charge on any atom is 0.338 e. The number of esters is 1. The van der Waals surface area contributed by atoms with Crippen molar-refractivity contribution in [3.8, 4) is 0 Å². The third kappa shape index (κ3) is 4.29. The molecule has 1 aromatic rings. The Bertz CT molecular complexity index is 499. The molecule has 2 unspecified atom stereocenters. The summed E-state index contributed by atoms with van der Waals surface area (Å²) in [6, 6.07) is 7.17. The number of hydrogen-bond donors (Lipinski definition) is 2. The van der Waals surface area contributed by atoms with Gasteiger partial charge >= 0.3 is 5.97 Å². The summed E-state index contributed by atoms with van der Waals surface area (Å²) in [5.74, 6) is -0.249. The largest absolute Gasteiger partial charge is 0.462 e. The van der Waals surface area contributed by atoms with E-state index in [1.54, 1.807) is 31.2 Å². The van der Waals surface area contributed by atoms with Gasteiger partial charge in [-0.3, -0.25) is 4.79 Å². The molecule has 1 aliphatic heterocycles. The van der Waals surface area contributed by atoms with E-state index in [1.165, 1.54) is 0 Å². The molecule has 1 saturated heterocycles. The number of rotatable bonds is 4. The molecule has 0 radical (unpaired) electrons. The minimum Gasteiger partial charge on any atom is -0.462 e. The zero-order chi connectivity index (χ0) is 15.2. The Balaban J connectivity index is 1.93. The van der Waals surface area contributed by atoms with Crippen molar-refractivity contribution in [3.63, 3.8) is 0 Å². The van der Waals surface area contributed by atoms with Crippen molar-refractivity contribution in [1.82, 2.24) is 5.32 Å². The van der Waals surface area contributed by atoms with Crippen molar-refractivity contribution >= 4 is 17.6 Å². The Morgan fingerprint density at radius 2 is 2.05 bits per heavy atom. The molecule has 1 fully saturated rings. The second-order valence-electron chi connectivity index (χ2n) is 5.36. The van der Waals surface area contributed by atoms with E-state index in [0.717, 1.165) is 19.4 Å². The first-order valence-corrected chi connectivity index (χ1v) is 7.41. The molecule has 0 aliphatic carbocycles. The van der Waals surface area contributed by atoms with Gasteiger partial charge in [0.2, 0.25) is 5.91 Å². The van der Waals surface area contributed by atoms with Crippen LogP contribution in [0, 0.1) is 5.92 Å². The summed E-state index contributed by atoms with van der Waals surface area (Å²) in [7, 11) is 0. The zero-order valence-electron chi connectivity index (χ0n) is 12.5. The molecule has 5 nitrogen and oxygen atoms in total. The fourth-order valence-corrected chi connectivity index (χ4v) is 2.52. The van der Waals surface area contributed by atoms with E-state index in [1.807, 2.05) is 0 Å². The summed E-state index contributed by atoms with van der Waals surface area (Å²) in [5, 5.41) is 6.24. The highest BCUT2D eigenvalue weighted by Crippen LogP contribution is 2.19. The lowest BCUT2D eigenvalue weighted by molar-refractivity contribution is -0.120. The first-order valence-electron chi connectivity index (χ1n) is 7.41. The van der Waals surface area contributed by atoms with E-state index in [0.29, 0.717) is 23.9 Å². The van der Waals surface area contributed by atoms with Gasteiger partial charge in [0.05, 0.1) is 12.2 Å². The molecular formula is C16H22N2O3. The summed E-state index contributed by atoms with van der Waals surface area (Å²) in [4.78, 5) is 23.7. The van der Waals surface area contributed by atoms with Crippen molar-refractivity contribution in [1.29, 1.82) is 0 Å². The Hall–Kier alpha value is -1.88. The number of ether oxygens (including phenoxy) is 1. The number of hydrogen-bond acceptors (Lipinski definition) is 4. The predicted molar refractivity (Wildman–Crippen MR) is 81.2 cm³/mol. The van der Waals surface area contributed by atoms with Gasteiger partial charge in [0.25, 0.3) is 0 Å². The van der Waals surface area contributed by atoms with Gasteiger partial charge in [-0.1, -0.05) is 0 Å². The maximum absolute atomic E-state index is 12.2. The average molecular weight is 290 g/mol. The fraction of sp³-hybridized carbons (Fsp3) is 0.500. The van der Waals surface area contributed by atoms with Gasteiger partial charge in [0, 0.05) is 17.6 Å². The lowest BCUT2D eigenvalue weighted by Gasteiger charge is -2.27. The Morgan fingerprint density at radius 1 is 1.33 bits per heavy atom. The molecule has 2 N–H and O–H groups in total. The molecule has 1 heterocycles. The highest BCUT2D eigenvalue weighted by molar-refractivity contribution is 5.94. The Kier molecular flexibility index (Phi) is 5.33. The van der Waals surface area contributed by atoms with Crippen LogP contribution in [0.25, 0.3) is 0 Å². The summed E-state index contributed by atoms with van der Waals surface area (Å²) in [6.07, 6.45) is 1.71. The normalized spacial score (nSPS) is 21.6. The minimum absolute atomic E-state index is 0.0472. The van der Waals surface area contributed by atoms with Crippen LogP contribution in [0.3, 0.4) is 0 Å². The molecule has 5 heteroatoms. The molecule has 114 valence electrons. The molecule has 1 amide bonds. The number of carbonyl (C=O) groups excluding carboxylic acids is 2. The number of piperidine rings is 1. The van der Waals surface area contributed by atoms with E-state index >= 15 is 0 Å². The summed E-state index contributed by atoms with van der Waals surface area (Å²) in [5.41, 5.74) is 1.20. The molecular weight excluding hydrogens is 268 g/mol. The van der Waals surface area contributed by atoms with E-state index in [4.69, 9.17) is 4.74 Å². The lowest BCUT2D eigenvalue weighted by atomic mass is 9.92. The summed E-state index contributed by atoms with van der Waals surface area (Å²) >= 11 is 0. The second-order valence-corrected chi connectivity index (χ2v) is 5.36. The molecule has 21 heavy (non-hydrogen) atoms. The summed E-state index contributed by atoms with van der Waals surface area (Å²) < 4.78 is 4.92. The first-order chi connectivity index (χ1) is 10.1. The molecule has 2 rings (SSSR count). The molecule has 0 saturated carbocycles. The molecule has 0 aromatic heterocycles. The van der Waals surface area contributed by atoms with Gasteiger partial charge in [-0.2, -0.15) is 0 Å². The van der Waals surface area contributed by atoms with Crippen LogP contribution in [0.1, 0.15) is 37.0 Å². The fourth-order valence-electron chi connectivity index (χ4n) is 2.52. The van der Waals surface area contributed by atoms with Crippen LogP contribution < -0.4 is 10.6 Å². The van der Waals surface area contributed by atoms with Crippen LogP contribution >= 0.6 is 0 Å². The smallest absolute Gasteiger partial charge is 0.338 e. The van der Waals surface area contributed by atoms with Gasteiger partial charge in [0.15, 0.2) is 0 Å². The zero-order valence-corrected chi connectivity index (χ0v) is 12.5. The van der Waals surface area contributed by atoms with Crippen LogP contribution in [0.4, 0.5) is 5.69 Å². The third-order valence-electron chi connectivity index (χ3n) is 3.66. The van der Waals surface area contributed by atoms with E-state index in [-0.39, 0.29) is 17.8 Å². The molecule has 2 atom stereocenters. The van der Waals surface area contributed by atoms with Crippen LogP contribution in [0.15, 0.2) is 24.3 Å². The molecule has 0 bridgehead atoms. The average Bonchev–Trinajstić information content (AvgIpc) is 2.48. The highest BCUT2D eigenvalue weighted by atomic mass is 16.5. The quantitative estimate of drug-likeness (QED) is 0.834. The predicted octanol–water partition coefficient (Wildman–Crippen LogP) is 2.19. The summed E-state index contributed by atoms with van der Waals surface area (Å²) in [6.45, 7) is 5.09. The van der Waals surface area contributed by atoms with Gasteiger partial charge in [0.1, 0.15) is 0 Å². The van der Waals surface area contributed by atoms with Gasteiger partial charge < -0.3 is 15.4 Å². The number of nitrogens with one attached hydrogen (secondary N) is 2. The number of amides is 1. The Morgan fingerprint density at radius 3 is 2.67 bits per heavy atom. The van der Waals surface area contributed by atoms with E-state index in [9.17, 15) is 9.59 Å². The SMILES string of the molecule is CCOC(=O)c1ccc(NC(=O)C2CCNC(C)C2)cc1. The van der Waals surface area contributed by atoms with Crippen LogP contribution in [-0.2, 0) is 9.53 Å².